The van der Waals surface area contributed by atoms with Gasteiger partial charge in [-0.2, -0.15) is 0 Å². The zero-order chi connectivity index (χ0) is 15.2. The van der Waals surface area contributed by atoms with Crippen LogP contribution in [0.15, 0.2) is 0 Å². The second kappa shape index (κ2) is 7.84. The fourth-order valence-electron chi connectivity index (χ4n) is 2.34. The van der Waals surface area contributed by atoms with E-state index in [4.69, 9.17) is 0 Å². The summed E-state index contributed by atoms with van der Waals surface area (Å²) in [4.78, 5) is 14.1. The molecule has 3 N–H and O–H groups in total. The lowest BCUT2D eigenvalue weighted by molar-refractivity contribution is 0.0166. The molecule has 0 radical (unpaired) electrons. The van der Waals surface area contributed by atoms with Crippen molar-refractivity contribution in [1.82, 2.24) is 15.5 Å². The Morgan fingerprint density at radius 1 is 1.45 bits per heavy atom. The van der Waals surface area contributed by atoms with Crippen molar-refractivity contribution in [2.75, 3.05) is 32.7 Å². The van der Waals surface area contributed by atoms with E-state index in [1.54, 1.807) is 6.92 Å². The van der Waals surface area contributed by atoms with Gasteiger partial charge >= 0.3 is 6.03 Å². The highest BCUT2D eigenvalue weighted by atomic mass is 16.3. The molecule has 0 aromatic heterocycles. The molecule has 0 aromatic rings. The summed E-state index contributed by atoms with van der Waals surface area (Å²) in [5, 5.41) is 15.6. The van der Waals surface area contributed by atoms with Crippen molar-refractivity contribution in [3.05, 3.63) is 0 Å². The van der Waals surface area contributed by atoms with E-state index in [2.05, 4.69) is 22.5 Å². The SMILES string of the molecule is CC1CCCN(CCNC(=O)NCC(C)(O)C(C)C)C1. The van der Waals surface area contributed by atoms with Gasteiger partial charge in [0.25, 0.3) is 0 Å². The molecule has 2 atom stereocenters. The number of amides is 2. The number of nitrogens with zero attached hydrogens (tertiary/aromatic N) is 1. The van der Waals surface area contributed by atoms with Crippen molar-refractivity contribution in [1.29, 1.82) is 0 Å². The first-order valence-electron chi connectivity index (χ1n) is 7.77. The summed E-state index contributed by atoms with van der Waals surface area (Å²) in [6.45, 7) is 12.0. The Morgan fingerprint density at radius 3 is 2.75 bits per heavy atom. The smallest absolute Gasteiger partial charge is 0.314 e. The number of nitrogens with one attached hydrogen (secondary N) is 2. The van der Waals surface area contributed by atoms with Crippen LogP contribution in [0.1, 0.15) is 40.5 Å². The topological polar surface area (TPSA) is 64.6 Å². The number of carbonyl (C=O) groups excluding carboxylic acids is 1. The second-order valence-corrected chi connectivity index (χ2v) is 6.67. The number of aliphatic hydroxyl groups is 1. The van der Waals surface area contributed by atoms with Gasteiger partial charge in [-0.25, -0.2) is 4.79 Å². The molecule has 1 aliphatic rings. The Labute approximate surface area is 123 Å². The van der Waals surface area contributed by atoms with Gasteiger partial charge in [0.05, 0.1) is 5.60 Å². The summed E-state index contributed by atoms with van der Waals surface area (Å²) in [6, 6.07) is -0.198. The molecule has 20 heavy (non-hydrogen) atoms. The van der Waals surface area contributed by atoms with Crippen LogP contribution in [0, 0.1) is 11.8 Å². The Kier molecular flexibility index (Phi) is 6.76. The minimum absolute atomic E-state index is 0.109. The average Bonchev–Trinajstić information content (AvgIpc) is 2.36. The first-order chi connectivity index (χ1) is 9.31. The molecule has 1 rings (SSSR count). The van der Waals surface area contributed by atoms with Gasteiger partial charge in [-0.3, -0.25) is 0 Å². The molecule has 5 heteroatoms. The van der Waals surface area contributed by atoms with E-state index < -0.39 is 5.60 Å². The van der Waals surface area contributed by atoms with E-state index in [-0.39, 0.29) is 18.5 Å². The van der Waals surface area contributed by atoms with Crippen LogP contribution in [0.4, 0.5) is 4.79 Å². The van der Waals surface area contributed by atoms with Crippen molar-refractivity contribution in [3.63, 3.8) is 0 Å². The Balaban J connectivity index is 2.14. The Morgan fingerprint density at radius 2 is 2.15 bits per heavy atom. The number of rotatable bonds is 6. The van der Waals surface area contributed by atoms with Gasteiger partial charge in [-0.1, -0.05) is 20.8 Å². The van der Waals surface area contributed by atoms with Crippen molar-refractivity contribution in [3.8, 4) is 0 Å². The molecule has 1 fully saturated rings. The number of hydrogen-bond donors (Lipinski definition) is 3. The summed E-state index contributed by atoms with van der Waals surface area (Å²) >= 11 is 0. The standard InChI is InChI=1S/C15H31N3O2/c1-12(2)15(4,20)11-17-14(19)16-7-9-18-8-5-6-13(3)10-18/h12-13,20H,5-11H2,1-4H3,(H2,16,17,19). The molecular formula is C15H31N3O2. The summed E-state index contributed by atoms with van der Waals surface area (Å²) in [7, 11) is 0. The molecule has 0 spiro atoms. The third-order valence-electron chi connectivity index (χ3n) is 4.31. The zero-order valence-electron chi connectivity index (χ0n) is 13.4. The maximum atomic E-state index is 11.7. The molecule has 0 saturated carbocycles. The van der Waals surface area contributed by atoms with Gasteiger partial charge in [0, 0.05) is 26.2 Å². The van der Waals surface area contributed by atoms with Crippen LogP contribution in [0.3, 0.4) is 0 Å². The van der Waals surface area contributed by atoms with Gasteiger partial charge in [0.1, 0.15) is 0 Å². The van der Waals surface area contributed by atoms with Crippen LogP contribution in [0.25, 0.3) is 0 Å². The average molecular weight is 285 g/mol. The van der Waals surface area contributed by atoms with Crippen LogP contribution in [0.5, 0.6) is 0 Å². The molecule has 0 aliphatic carbocycles. The fourth-order valence-corrected chi connectivity index (χ4v) is 2.34. The number of likely N-dealkylation sites (tertiary alicyclic amines) is 1. The second-order valence-electron chi connectivity index (χ2n) is 6.67. The van der Waals surface area contributed by atoms with Crippen LogP contribution in [-0.2, 0) is 0 Å². The lowest BCUT2D eigenvalue weighted by Crippen LogP contribution is -2.48. The van der Waals surface area contributed by atoms with Crippen molar-refractivity contribution < 1.29 is 9.90 Å². The van der Waals surface area contributed by atoms with Gasteiger partial charge < -0.3 is 20.6 Å². The highest BCUT2D eigenvalue weighted by Crippen LogP contribution is 2.15. The van der Waals surface area contributed by atoms with Crippen molar-refractivity contribution in [2.24, 2.45) is 11.8 Å². The fraction of sp³-hybridized carbons (Fsp3) is 0.933. The number of hydrogen-bond acceptors (Lipinski definition) is 3. The quantitative estimate of drug-likeness (QED) is 0.691. The van der Waals surface area contributed by atoms with Crippen LogP contribution >= 0.6 is 0 Å². The third-order valence-corrected chi connectivity index (χ3v) is 4.31. The van der Waals surface area contributed by atoms with E-state index in [1.165, 1.54) is 12.8 Å². The van der Waals surface area contributed by atoms with E-state index in [0.29, 0.717) is 6.54 Å². The van der Waals surface area contributed by atoms with Crippen LogP contribution in [-0.4, -0.2) is 54.4 Å². The molecule has 5 nitrogen and oxygen atoms in total. The molecule has 118 valence electrons. The normalized spacial score (nSPS) is 23.4. The summed E-state index contributed by atoms with van der Waals surface area (Å²) in [6.07, 6.45) is 2.57. The van der Waals surface area contributed by atoms with Crippen LogP contribution < -0.4 is 10.6 Å². The van der Waals surface area contributed by atoms with Crippen LogP contribution in [0.2, 0.25) is 0 Å². The van der Waals surface area contributed by atoms with Gasteiger partial charge in [-0.05, 0) is 38.1 Å². The molecule has 1 heterocycles. The highest BCUT2D eigenvalue weighted by molar-refractivity contribution is 5.73. The van der Waals surface area contributed by atoms with E-state index in [9.17, 15) is 9.90 Å². The predicted octanol–water partition coefficient (Wildman–Crippen LogP) is 1.42. The summed E-state index contributed by atoms with van der Waals surface area (Å²) < 4.78 is 0. The van der Waals surface area contributed by atoms with E-state index >= 15 is 0 Å². The summed E-state index contributed by atoms with van der Waals surface area (Å²) in [5.41, 5.74) is -0.861. The van der Waals surface area contributed by atoms with Gasteiger partial charge in [-0.15, -0.1) is 0 Å². The largest absolute Gasteiger partial charge is 0.388 e. The monoisotopic (exact) mass is 285 g/mol. The lowest BCUT2D eigenvalue weighted by atomic mass is 9.93. The minimum atomic E-state index is -0.861. The molecule has 0 bridgehead atoms. The number of urea groups is 1. The highest BCUT2D eigenvalue weighted by Gasteiger charge is 2.25. The zero-order valence-corrected chi connectivity index (χ0v) is 13.4. The summed E-state index contributed by atoms with van der Waals surface area (Å²) in [5.74, 6) is 0.872. The first kappa shape index (κ1) is 17.2. The third kappa shape index (κ3) is 6.09. The minimum Gasteiger partial charge on any atom is -0.388 e. The van der Waals surface area contributed by atoms with Crippen molar-refractivity contribution in [2.45, 2.75) is 46.1 Å². The predicted molar refractivity (Wildman–Crippen MR) is 81.7 cm³/mol. The number of piperidine rings is 1. The number of carbonyl (C=O) groups is 1. The molecular weight excluding hydrogens is 254 g/mol. The molecule has 2 amide bonds. The van der Waals surface area contributed by atoms with Gasteiger partial charge in [0.2, 0.25) is 0 Å². The van der Waals surface area contributed by atoms with E-state index in [0.717, 1.165) is 25.6 Å². The Bertz CT molecular complexity index is 305. The molecule has 1 aliphatic heterocycles. The molecule has 1 saturated heterocycles. The molecule has 2 unspecified atom stereocenters. The van der Waals surface area contributed by atoms with Gasteiger partial charge in [0.15, 0.2) is 0 Å². The van der Waals surface area contributed by atoms with E-state index in [1.807, 2.05) is 13.8 Å². The lowest BCUT2D eigenvalue weighted by Gasteiger charge is -2.31. The van der Waals surface area contributed by atoms with Crippen molar-refractivity contribution >= 4 is 6.03 Å². The Hall–Kier alpha value is -0.810. The maximum absolute atomic E-state index is 11.7. The maximum Gasteiger partial charge on any atom is 0.314 e. The molecule has 0 aromatic carbocycles. The first-order valence-corrected chi connectivity index (χ1v) is 7.77.